The van der Waals surface area contributed by atoms with Gasteiger partial charge in [-0.2, -0.15) is 0 Å². The highest BCUT2D eigenvalue weighted by Gasteiger charge is 2.23. The van der Waals surface area contributed by atoms with Crippen LogP contribution in [0.25, 0.3) is 0 Å². The molecular formula is C18H21N3O3S. The number of sulfonamides is 1. The molecule has 132 valence electrons. The maximum absolute atomic E-state index is 12.6. The van der Waals surface area contributed by atoms with E-state index in [4.69, 9.17) is 0 Å². The summed E-state index contributed by atoms with van der Waals surface area (Å²) in [6, 6.07) is 8.70. The van der Waals surface area contributed by atoms with Gasteiger partial charge in [0.2, 0.25) is 15.9 Å². The molecule has 0 bridgehead atoms. The molecule has 1 fully saturated rings. The number of pyridine rings is 1. The Hall–Kier alpha value is -2.25. The van der Waals surface area contributed by atoms with Gasteiger partial charge in [0.1, 0.15) is 0 Å². The van der Waals surface area contributed by atoms with E-state index in [0.29, 0.717) is 18.5 Å². The third-order valence-electron chi connectivity index (χ3n) is 4.27. The Balaban J connectivity index is 1.77. The molecule has 1 aliphatic heterocycles. The Morgan fingerprint density at radius 2 is 2.00 bits per heavy atom. The Morgan fingerprint density at radius 3 is 2.60 bits per heavy atom. The van der Waals surface area contributed by atoms with Gasteiger partial charge < -0.3 is 4.90 Å². The maximum atomic E-state index is 12.6. The van der Waals surface area contributed by atoms with Crippen molar-refractivity contribution in [2.75, 3.05) is 11.4 Å². The Morgan fingerprint density at radius 1 is 1.20 bits per heavy atom. The molecule has 2 heterocycles. The first-order chi connectivity index (χ1) is 11.9. The molecule has 1 aromatic carbocycles. The topological polar surface area (TPSA) is 79.4 Å². The summed E-state index contributed by atoms with van der Waals surface area (Å²) in [6.07, 6.45) is 3.04. The lowest BCUT2D eigenvalue weighted by atomic mass is 10.2. The fourth-order valence-electron chi connectivity index (χ4n) is 2.88. The van der Waals surface area contributed by atoms with Crippen LogP contribution < -0.4 is 9.62 Å². The van der Waals surface area contributed by atoms with E-state index < -0.39 is 10.0 Å². The van der Waals surface area contributed by atoms with Crippen molar-refractivity contribution in [1.82, 2.24) is 9.71 Å². The zero-order valence-electron chi connectivity index (χ0n) is 14.3. The minimum Gasteiger partial charge on any atom is -0.312 e. The van der Waals surface area contributed by atoms with Crippen LogP contribution in [0.15, 0.2) is 41.4 Å². The Bertz CT molecular complexity index is 892. The van der Waals surface area contributed by atoms with Crippen LogP contribution in [0.5, 0.6) is 0 Å². The smallest absolute Gasteiger partial charge is 0.241 e. The van der Waals surface area contributed by atoms with Crippen LogP contribution in [-0.2, 0) is 21.4 Å². The van der Waals surface area contributed by atoms with Crippen LogP contribution in [-0.4, -0.2) is 25.9 Å². The molecule has 1 saturated heterocycles. The van der Waals surface area contributed by atoms with Gasteiger partial charge in [0.25, 0.3) is 0 Å². The molecule has 6 nitrogen and oxygen atoms in total. The molecule has 7 heteroatoms. The van der Waals surface area contributed by atoms with Crippen LogP contribution in [0.4, 0.5) is 5.69 Å². The molecule has 0 saturated carbocycles. The molecule has 0 atom stereocenters. The summed E-state index contributed by atoms with van der Waals surface area (Å²) >= 11 is 0. The number of benzene rings is 1. The quantitative estimate of drug-likeness (QED) is 0.888. The SMILES string of the molecule is Cc1ccc(CNS(=O)(=O)c2ccc(N3CCCC3=O)cc2C)cn1. The van der Waals surface area contributed by atoms with Gasteiger partial charge in [-0.05, 0) is 55.7 Å². The van der Waals surface area contributed by atoms with E-state index in [1.165, 1.54) is 0 Å². The number of hydrogen-bond acceptors (Lipinski definition) is 4. The second-order valence-electron chi connectivity index (χ2n) is 6.23. The number of carbonyl (C=O) groups excluding carboxylic acids is 1. The third kappa shape index (κ3) is 3.88. The first kappa shape index (κ1) is 17.6. The van der Waals surface area contributed by atoms with E-state index in [-0.39, 0.29) is 17.3 Å². The lowest BCUT2D eigenvalue weighted by Crippen LogP contribution is -2.26. The van der Waals surface area contributed by atoms with Crippen molar-refractivity contribution in [3.05, 3.63) is 53.3 Å². The molecule has 0 unspecified atom stereocenters. The molecule has 1 amide bonds. The second kappa shape index (κ2) is 6.93. The van der Waals surface area contributed by atoms with Crippen LogP contribution in [0.1, 0.15) is 29.7 Å². The summed E-state index contributed by atoms with van der Waals surface area (Å²) in [5.74, 6) is 0.0833. The zero-order chi connectivity index (χ0) is 18.0. The van der Waals surface area contributed by atoms with Gasteiger partial charge in [0, 0.05) is 37.1 Å². The molecule has 2 aromatic rings. The molecule has 1 aliphatic rings. The van der Waals surface area contributed by atoms with Crippen LogP contribution in [0, 0.1) is 13.8 Å². The standard InChI is InChI=1S/C18H21N3O3S/c1-13-10-16(21-9-3-4-18(21)22)7-8-17(13)25(23,24)20-12-15-6-5-14(2)19-11-15/h5-8,10-11,20H,3-4,9,12H2,1-2H3. The van der Waals surface area contributed by atoms with Crippen molar-refractivity contribution in [2.45, 2.75) is 38.1 Å². The fraction of sp³-hybridized carbons (Fsp3) is 0.333. The van der Waals surface area contributed by atoms with Crippen molar-refractivity contribution in [2.24, 2.45) is 0 Å². The normalized spacial score (nSPS) is 15.0. The zero-order valence-corrected chi connectivity index (χ0v) is 15.1. The first-order valence-electron chi connectivity index (χ1n) is 8.19. The number of nitrogens with one attached hydrogen (secondary N) is 1. The van der Waals surface area contributed by atoms with E-state index in [9.17, 15) is 13.2 Å². The molecule has 3 rings (SSSR count). The van der Waals surface area contributed by atoms with Crippen molar-refractivity contribution in [3.8, 4) is 0 Å². The summed E-state index contributed by atoms with van der Waals surface area (Å²) in [7, 11) is -3.63. The van der Waals surface area contributed by atoms with Gasteiger partial charge in [-0.3, -0.25) is 9.78 Å². The predicted octanol–water partition coefficient (Wildman–Crippen LogP) is 2.30. The summed E-state index contributed by atoms with van der Waals surface area (Å²) in [6.45, 7) is 4.49. The molecule has 1 aromatic heterocycles. The third-order valence-corrected chi connectivity index (χ3v) is 5.83. The van der Waals surface area contributed by atoms with Gasteiger partial charge >= 0.3 is 0 Å². The van der Waals surface area contributed by atoms with E-state index in [2.05, 4.69) is 9.71 Å². The first-order valence-corrected chi connectivity index (χ1v) is 9.67. The minimum absolute atomic E-state index is 0.0833. The van der Waals surface area contributed by atoms with E-state index in [1.807, 2.05) is 19.1 Å². The number of aromatic nitrogens is 1. The van der Waals surface area contributed by atoms with Crippen molar-refractivity contribution in [1.29, 1.82) is 0 Å². The lowest BCUT2D eigenvalue weighted by Gasteiger charge is -2.17. The second-order valence-corrected chi connectivity index (χ2v) is 7.97. The maximum Gasteiger partial charge on any atom is 0.241 e. The van der Waals surface area contributed by atoms with Gasteiger partial charge in [-0.1, -0.05) is 6.07 Å². The largest absolute Gasteiger partial charge is 0.312 e. The monoisotopic (exact) mass is 359 g/mol. The van der Waals surface area contributed by atoms with E-state index in [0.717, 1.165) is 23.4 Å². The number of amides is 1. The number of nitrogens with zero attached hydrogens (tertiary/aromatic N) is 2. The highest BCUT2D eigenvalue weighted by molar-refractivity contribution is 7.89. The fourth-order valence-corrected chi connectivity index (χ4v) is 4.13. The number of carbonyl (C=O) groups is 1. The van der Waals surface area contributed by atoms with Crippen molar-refractivity contribution < 1.29 is 13.2 Å². The minimum atomic E-state index is -3.63. The van der Waals surface area contributed by atoms with Gasteiger partial charge in [-0.25, -0.2) is 13.1 Å². The summed E-state index contributed by atoms with van der Waals surface area (Å²) in [4.78, 5) is 17.9. The van der Waals surface area contributed by atoms with E-state index >= 15 is 0 Å². The van der Waals surface area contributed by atoms with Gasteiger partial charge in [-0.15, -0.1) is 0 Å². The molecule has 0 spiro atoms. The Kier molecular flexibility index (Phi) is 4.87. The molecular weight excluding hydrogens is 338 g/mol. The average molecular weight is 359 g/mol. The Labute approximate surface area is 147 Å². The molecule has 0 radical (unpaired) electrons. The number of rotatable bonds is 5. The highest BCUT2D eigenvalue weighted by atomic mass is 32.2. The summed E-state index contributed by atoms with van der Waals surface area (Å²) in [5.41, 5.74) is 3.05. The van der Waals surface area contributed by atoms with Gasteiger partial charge in [0.05, 0.1) is 4.90 Å². The summed E-state index contributed by atoms with van der Waals surface area (Å²) in [5, 5.41) is 0. The number of hydrogen-bond donors (Lipinski definition) is 1. The number of aryl methyl sites for hydroxylation is 2. The average Bonchev–Trinajstić information content (AvgIpc) is 3.00. The lowest BCUT2D eigenvalue weighted by molar-refractivity contribution is -0.117. The van der Waals surface area contributed by atoms with Crippen LogP contribution in [0.2, 0.25) is 0 Å². The van der Waals surface area contributed by atoms with Crippen LogP contribution >= 0.6 is 0 Å². The van der Waals surface area contributed by atoms with E-state index in [1.54, 1.807) is 36.2 Å². The highest BCUT2D eigenvalue weighted by Crippen LogP contribution is 2.26. The number of anilines is 1. The van der Waals surface area contributed by atoms with Crippen molar-refractivity contribution in [3.63, 3.8) is 0 Å². The summed E-state index contributed by atoms with van der Waals surface area (Å²) < 4.78 is 27.8. The molecule has 1 N–H and O–H groups in total. The van der Waals surface area contributed by atoms with Gasteiger partial charge in [0.15, 0.2) is 0 Å². The molecule has 0 aliphatic carbocycles. The predicted molar refractivity (Wildman–Crippen MR) is 95.8 cm³/mol. The molecule has 25 heavy (non-hydrogen) atoms. The van der Waals surface area contributed by atoms with Crippen molar-refractivity contribution >= 4 is 21.6 Å². The van der Waals surface area contributed by atoms with Crippen LogP contribution in [0.3, 0.4) is 0 Å².